The first kappa shape index (κ1) is 31.1. The van der Waals surface area contributed by atoms with Crippen molar-refractivity contribution in [1.29, 1.82) is 0 Å². The molecule has 0 amide bonds. The van der Waals surface area contributed by atoms with Gasteiger partial charge < -0.3 is 37.9 Å². The third kappa shape index (κ3) is 5.41. The highest BCUT2D eigenvalue weighted by molar-refractivity contribution is 5.77. The van der Waals surface area contributed by atoms with Crippen LogP contribution in [-0.2, 0) is 66.8 Å². The molecule has 236 valence electrons. The van der Waals surface area contributed by atoms with Gasteiger partial charge >= 0.3 is 23.9 Å². The molecular weight excluding hydrogens is 560 g/mol. The molecule has 14 heteroatoms. The van der Waals surface area contributed by atoms with Gasteiger partial charge in [-0.15, -0.1) is 0 Å². The second kappa shape index (κ2) is 11.6. The Morgan fingerprint density at radius 2 is 1.40 bits per heavy atom. The van der Waals surface area contributed by atoms with Gasteiger partial charge in [0.2, 0.25) is 12.1 Å². The number of carbonyl (C=O) groups is 4. The molecule has 0 aromatic heterocycles. The number of rotatable bonds is 6. The summed E-state index contributed by atoms with van der Waals surface area (Å²) in [7, 11) is 1.12. The Kier molecular flexibility index (Phi) is 8.60. The Bertz CT molecular complexity index is 1080. The number of fused-ring (bicyclic) bond motifs is 2. The molecule has 0 aromatic rings. The van der Waals surface area contributed by atoms with Crippen molar-refractivity contribution in [2.45, 2.75) is 122 Å². The van der Waals surface area contributed by atoms with Crippen molar-refractivity contribution < 1.29 is 66.8 Å². The molecule has 0 N–H and O–H groups in total. The summed E-state index contributed by atoms with van der Waals surface area (Å²) in [6, 6.07) is 0. The van der Waals surface area contributed by atoms with E-state index in [1.165, 1.54) is 0 Å². The molecule has 6 rings (SSSR count). The molecule has 1 saturated carbocycles. The van der Waals surface area contributed by atoms with Crippen molar-refractivity contribution in [2.75, 3.05) is 7.11 Å². The molecule has 2 bridgehead atoms. The minimum atomic E-state index is -1.58. The maximum absolute atomic E-state index is 12.8. The predicted molar refractivity (Wildman–Crippen MR) is 135 cm³/mol. The Balaban J connectivity index is 1.49. The first-order valence-electron chi connectivity index (χ1n) is 14.4. The number of ether oxygens (including phenoxy) is 8. The minimum absolute atomic E-state index is 0.102. The van der Waals surface area contributed by atoms with Crippen LogP contribution in [0.1, 0.15) is 67.2 Å². The minimum Gasteiger partial charge on any atom is -0.467 e. The van der Waals surface area contributed by atoms with Crippen LogP contribution in [-0.4, -0.2) is 85.7 Å². The monoisotopic (exact) mass is 600 g/mol. The number of hydrogen-bond donors (Lipinski definition) is 0. The lowest BCUT2D eigenvalue weighted by atomic mass is 9.58. The molecule has 13 atom stereocenters. The number of carbonyl (C=O) groups excluding carboxylic acids is 4. The van der Waals surface area contributed by atoms with E-state index < -0.39 is 78.6 Å². The molecule has 0 aromatic carbocycles. The molecule has 1 spiro atoms. The quantitative estimate of drug-likeness (QED) is 0.247. The molecule has 14 nitrogen and oxygen atoms in total. The fourth-order valence-electron chi connectivity index (χ4n) is 7.35. The number of hydrogen-bond acceptors (Lipinski definition) is 14. The van der Waals surface area contributed by atoms with Crippen molar-refractivity contribution >= 4 is 23.9 Å². The van der Waals surface area contributed by atoms with Crippen molar-refractivity contribution in [2.24, 2.45) is 23.7 Å². The lowest BCUT2D eigenvalue weighted by Gasteiger charge is -2.60. The second-order valence-electron chi connectivity index (χ2n) is 12.1. The molecule has 42 heavy (non-hydrogen) atoms. The van der Waals surface area contributed by atoms with Crippen LogP contribution >= 0.6 is 0 Å². The maximum Gasteiger partial charge on any atom is 0.339 e. The van der Waals surface area contributed by atoms with E-state index in [9.17, 15) is 19.2 Å². The molecule has 0 unspecified atom stereocenters. The Morgan fingerprint density at radius 3 is 2.05 bits per heavy atom. The summed E-state index contributed by atoms with van der Waals surface area (Å²) in [5.74, 6) is -4.19. The third-order valence-electron chi connectivity index (χ3n) is 9.20. The van der Waals surface area contributed by atoms with Crippen LogP contribution in [0.2, 0.25) is 0 Å². The Labute approximate surface area is 243 Å². The SMILES string of the molecule is COC(=O)[C@H]1O[C@H](O[C@H]2O[C@@H]3O[C@@]4(C)CC[C@H]5[C@H](C)CC[C@@H]([C@H]2C)[C@@]35OO4)[C@H](OC(C)=O)[C@@H](OC(C)=O)[C@@H]1OC(C)=O. The van der Waals surface area contributed by atoms with Gasteiger partial charge in [0.25, 0.3) is 0 Å². The van der Waals surface area contributed by atoms with Crippen LogP contribution in [0.4, 0.5) is 0 Å². The van der Waals surface area contributed by atoms with Gasteiger partial charge in [0.05, 0.1) is 7.11 Å². The fourth-order valence-corrected chi connectivity index (χ4v) is 7.35. The molecular formula is C28H40O14. The molecule has 5 aliphatic heterocycles. The summed E-state index contributed by atoms with van der Waals surface area (Å²) in [5, 5.41) is 0. The second-order valence-corrected chi connectivity index (χ2v) is 12.1. The van der Waals surface area contributed by atoms with E-state index in [1.807, 2.05) is 6.92 Å². The van der Waals surface area contributed by atoms with E-state index in [2.05, 4.69) is 6.92 Å². The van der Waals surface area contributed by atoms with Crippen LogP contribution in [0.25, 0.3) is 0 Å². The van der Waals surface area contributed by atoms with Gasteiger partial charge in [-0.3, -0.25) is 14.4 Å². The van der Waals surface area contributed by atoms with E-state index in [0.29, 0.717) is 12.3 Å². The highest BCUT2D eigenvalue weighted by Crippen LogP contribution is 2.60. The zero-order valence-electron chi connectivity index (χ0n) is 24.9. The summed E-state index contributed by atoms with van der Waals surface area (Å²) < 4.78 is 46.3. The smallest absolute Gasteiger partial charge is 0.339 e. The van der Waals surface area contributed by atoms with E-state index in [0.717, 1.165) is 47.1 Å². The average molecular weight is 601 g/mol. The van der Waals surface area contributed by atoms with Gasteiger partial charge in [0.15, 0.2) is 42.6 Å². The van der Waals surface area contributed by atoms with Gasteiger partial charge in [0, 0.05) is 39.0 Å². The normalized spacial score (nSPS) is 46.0. The van der Waals surface area contributed by atoms with E-state index >= 15 is 0 Å². The van der Waals surface area contributed by atoms with Gasteiger partial charge in [-0.25, -0.2) is 14.6 Å². The lowest BCUT2D eigenvalue weighted by molar-refractivity contribution is -0.579. The summed E-state index contributed by atoms with van der Waals surface area (Å²) in [6.07, 6.45) is -6.10. The Hall–Kier alpha value is -2.36. The summed E-state index contributed by atoms with van der Waals surface area (Å²) in [6.45, 7) is 9.33. The topological polar surface area (TPSA) is 161 Å². The van der Waals surface area contributed by atoms with Crippen molar-refractivity contribution in [3.05, 3.63) is 0 Å². The molecule has 6 fully saturated rings. The van der Waals surface area contributed by atoms with Crippen molar-refractivity contribution in [1.82, 2.24) is 0 Å². The third-order valence-corrected chi connectivity index (χ3v) is 9.20. The number of esters is 4. The molecule has 5 heterocycles. The van der Waals surface area contributed by atoms with Gasteiger partial charge in [-0.1, -0.05) is 13.8 Å². The van der Waals surface area contributed by atoms with E-state index in [1.54, 1.807) is 6.92 Å². The fraction of sp³-hybridized carbons (Fsp3) is 0.857. The summed E-state index contributed by atoms with van der Waals surface area (Å²) >= 11 is 0. The van der Waals surface area contributed by atoms with Gasteiger partial charge in [-0.2, -0.15) is 0 Å². The molecule has 6 aliphatic rings. The first-order valence-corrected chi connectivity index (χ1v) is 14.4. The van der Waals surface area contributed by atoms with Gasteiger partial charge in [-0.05, 0) is 38.0 Å². The van der Waals surface area contributed by atoms with Crippen molar-refractivity contribution in [3.63, 3.8) is 0 Å². The summed E-state index contributed by atoms with van der Waals surface area (Å²) in [5.41, 5.74) is -0.856. The van der Waals surface area contributed by atoms with E-state index in [-0.39, 0.29) is 17.8 Å². The zero-order chi connectivity index (χ0) is 30.6. The zero-order valence-corrected chi connectivity index (χ0v) is 24.9. The highest BCUT2D eigenvalue weighted by Gasteiger charge is 2.70. The maximum atomic E-state index is 12.8. The molecule has 5 saturated heterocycles. The highest BCUT2D eigenvalue weighted by atomic mass is 17.3. The van der Waals surface area contributed by atoms with Crippen LogP contribution < -0.4 is 0 Å². The van der Waals surface area contributed by atoms with Crippen LogP contribution in [0, 0.1) is 23.7 Å². The van der Waals surface area contributed by atoms with E-state index in [4.69, 9.17) is 47.7 Å². The predicted octanol–water partition coefficient (Wildman–Crippen LogP) is 1.90. The largest absolute Gasteiger partial charge is 0.467 e. The first-order chi connectivity index (χ1) is 19.8. The Morgan fingerprint density at radius 1 is 0.762 bits per heavy atom. The molecule has 1 aliphatic carbocycles. The van der Waals surface area contributed by atoms with Crippen LogP contribution in [0.5, 0.6) is 0 Å². The number of methoxy groups -OCH3 is 1. The molecule has 0 radical (unpaired) electrons. The van der Waals surface area contributed by atoms with Crippen LogP contribution in [0.15, 0.2) is 0 Å². The van der Waals surface area contributed by atoms with Crippen LogP contribution in [0.3, 0.4) is 0 Å². The van der Waals surface area contributed by atoms with Crippen molar-refractivity contribution in [3.8, 4) is 0 Å². The average Bonchev–Trinajstić information content (AvgIpc) is 3.14. The summed E-state index contributed by atoms with van der Waals surface area (Å²) in [4.78, 5) is 61.2. The lowest BCUT2D eigenvalue weighted by Crippen LogP contribution is -2.71. The standard InChI is InChI=1S/C28H40O14/c1-12-8-9-18-13(2)24(39-26-28(18)17(12)10-11-27(6,40-26)41-42-28)38-25-22(36-16(5)31)20(35-15(4)30)19(34-14(3)29)21(37-25)23(32)33-7/h12-13,17-22,24-26H,8-11H2,1-7H3/t12-,13-,17+,18+,19+,20+,21+,22-,24+,25-,26-,27-,28-/m1/s1. The van der Waals surface area contributed by atoms with Gasteiger partial charge in [0.1, 0.15) is 0 Å².